The molecule has 1 aromatic heterocycles. The summed E-state index contributed by atoms with van der Waals surface area (Å²) in [5.41, 5.74) is 8.17. The fraction of sp³-hybridized carbons (Fsp3) is 0.182. The lowest BCUT2D eigenvalue weighted by atomic mass is 10.1. The van der Waals surface area contributed by atoms with Crippen molar-refractivity contribution in [3.63, 3.8) is 0 Å². The first kappa shape index (κ1) is 9.21. The lowest BCUT2D eigenvalue weighted by Gasteiger charge is -1.99. The molecule has 0 radical (unpaired) electrons. The number of rotatable bonds is 2. The van der Waals surface area contributed by atoms with E-state index in [4.69, 9.17) is 5.73 Å². The first-order valence-electron chi connectivity index (χ1n) is 4.50. The van der Waals surface area contributed by atoms with Gasteiger partial charge in [0.1, 0.15) is 0 Å². The molecule has 0 unspecified atom stereocenters. The Morgan fingerprint density at radius 2 is 2.29 bits per heavy atom. The summed E-state index contributed by atoms with van der Waals surface area (Å²) in [5.74, 6) is 0. The smallest absolute Gasteiger partial charge is 0.180 e. The van der Waals surface area contributed by atoms with Crippen molar-refractivity contribution < 1.29 is 0 Å². The minimum Gasteiger partial charge on any atom is -0.375 e. The van der Waals surface area contributed by atoms with E-state index in [-0.39, 0.29) is 0 Å². The first-order valence-corrected chi connectivity index (χ1v) is 5.31. The van der Waals surface area contributed by atoms with E-state index in [2.05, 4.69) is 36.2 Å². The maximum Gasteiger partial charge on any atom is 0.180 e. The van der Waals surface area contributed by atoms with Crippen molar-refractivity contribution in [1.29, 1.82) is 0 Å². The normalized spacial score (nSPS) is 10.4. The third-order valence-corrected chi connectivity index (χ3v) is 2.86. The number of thiazole rings is 1. The lowest BCUT2D eigenvalue weighted by Crippen LogP contribution is -1.84. The monoisotopic (exact) mass is 204 g/mol. The van der Waals surface area contributed by atoms with Crippen LogP contribution >= 0.6 is 11.3 Å². The summed E-state index contributed by atoms with van der Waals surface area (Å²) in [7, 11) is 0. The van der Waals surface area contributed by atoms with E-state index in [0.717, 1.165) is 6.42 Å². The summed E-state index contributed by atoms with van der Waals surface area (Å²) in [6.45, 7) is 2.10. The van der Waals surface area contributed by atoms with Crippen molar-refractivity contribution in [2.24, 2.45) is 0 Å². The second-order valence-electron chi connectivity index (χ2n) is 3.33. The highest BCUT2D eigenvalue weighted by Gasteiger charge is 2.00. The highest BCUT2D eigenvalue weighted by atomic mass is 32.1. The average Bonchev–Trinajstić information content (AvgIpc) is 2.51. The highest BCUT2D eigenvalue weighted by Crippen LogP contribution is 2.18. The largest absolute Gasteiger partial charge is 0.375 e. The number of benzene rings is 1. The summed E-state index contributed by atoms with van der Waals surface area (Å²) in [6.07, 6.45) is 2.78. The second kappa shape index (κ2) is 3.80. The number of nitrogen functional groups attached to an aromatic ring is 1. The Morgan fingerprint density at radius 3 is 2.93 bits per heavy atom. The van der Waals surface area contributed by atoms with Crippen molar-refractivity contribution in [2.75, 3.05) is 5.73 Å². The molecule has 2 aromatic rings. The summed E-state index contributed by atoms with van der Waals surface area (Å²) < 4.78 is 0. The number of aryl methyl sites for hydroxylation is 1. The van der Waals surface area contributed by atoms with E-state index in [1.807, 2.05) is 6.20 Å². The predicted molar refractivity (Wildman–Crippen MR) is 60.5 cm³/mol. The first-order chi connectivity index (χ1) is 6.74. The molecule has 72 valence electrons. The van der Waals surface area contributed by atoms with Gasteiger partial charge in [-0.1, -0.05) is 29.8 Å². The molecule has 0 saturated heterocycles. The standard InChI is InChI=1S/C11H12N2S/c1-8-3-2-4-9(5-8)6-10-7-13-11(12)14-10/h2-5,7H,6H2,1H3,(H2,12,13). The van der Waals surface area contributed by atoms with Crippen LogP contribution in [0.15, 0.2) is 30.5 Å². The van der Waals surface area contributed by atoms with Gasteiger partial charge in [-0.2, -0.15) is 0 Å². The van der Waals surface area contributed by atoms with Gasteiger partial charge in [0.05, 0.1) is 0 Å². The van der Waals surface area contributed by atoms with Gasteiger partial charge in [-0.25, -0.2) is 4.98 Å². The van der Waals surface area contributed by atoms with Crippen LogP contribution in [0.1, 0.15) is 16.0 Å². The van der Waals surface area contributed by atoms with E-state index in [9.17, 15) is 0 Å². The van der Waals surface area contributed by atoms with Gasteiger partial charge < -0.3 is 5.73 Å². The van der Waals surface area contributed by atoms with E-state index in [1.165, 1.54) is 16.0 Å². The molecule has 0 amide bonds. The molecule has 0 saturated carbocycles. The SMILES string of the molecule is Cc1cccc(Cc2cnc(N)s2)c1. The molecule has 0 aliphatic heterocycles. The Hall–Kier alpha value is -1.35. The van der Waals surface area contributed by atoms with Crippen molar-refractivity contribution in [3.8, 4) is 0 Å². The van der Waals surface area contributed by atoms with Crippen LogP contribution in [0, 0.1) is 6.92 Å². The molecular weight excluding hydrogens is 192 g/mol. The molecule has 1 heterocycles. The summed E-state index contributed by atoms with van der Waals surface area (Å²) >= 11 is 1.56. The topological polar surface area (TPSA) is 38.9 Å². The second-order valence-corrected chi connectivity index (χ2v) is 4.48. The zero-order valence-corrected chi connectivity index (χ0v) is 8.84. The zero-order valence-electron chi connectivity index (χ0n) is 8.03. The number of nitrogens with zero attached hydrogens (tertiary/aromatic N) is 1. The number of nitrogens with two attached hydrogens (primary N) is 1. The lowest BCUT2D eigenvalue weighted by molar-refractivity contribution is 1.20. The van der Waals surface area contributed by atoms with Gasteiger partial charge >= 0.3 is 0 Å². The molecule has 14 heavy (non-hydrogen) atoms. The zero-order chi connectivity index (χ0) is 9.97. The van der Waals surface area contributed by atoms with Gasteiger partial charge in [-0.05, 0) is 12.5 Å². The number of hydrogen-bond acceptors (Lipinski definition) is 3. The maximum atomic E-state index is 5.57. The van der Waals surface area contributed by atoms with E-state index < -0.39 is 0 Å². The number of anilines is 1. The van der Waals surface area contributed by atoms with Gasteiger partial charge in [0.25, 0.3) is 0 Å². The molecule has 0 fully saturated rings. The third kappa shape index (κ3) is 2.12. The average molecular weight is 204 g/mol. The van der Waals surface area contributed by atoms with Crippen LogP contribution in [0.3, 0.4) is 0 Å². The predicted octanol–water partition coefficient (Wildman–Crippen LogP) is 2.62. The molecule has 0 aliphatic carbocycles. The quantitative estimate of drug-likeness (QED) is 0.816. The minimum absolute atomic E-state index is 0.646. The summed E-state index contributed by atoms with van der Waals surface area (Å²) in [4.78, 5) is 5.25. The Kier molecular flexibility index (Phi) is 2.50. The van der Waals surface area contributed by atoms with E-state index in [0.29, 0.717) is 5.13 Å². The fourth-order valence-corrected chi connectivity index (χ4v) is 2.15. The number of hydrogen-bond donors (Lipinski definition) is 1. The van der Waals surface area contributed by atoms with Gasteiger partial charge in [0.2, 0.25) is 0 Å². The molecule has 0 aliphatic rings. The maximum absolute atomic E-state index is 5.57. The van der Waals surface area contributed by atoms with Crippen LogP contribution in [-0.4, -0.2) is 4.98 Å². The van der Waals surface area contributed by atoms with Crippen LogP contribution < -0.4 is 5.73 Å². The molecule has 1 aromatic carbocycles. The van der Waals surface area contributed by atoms with Gasteiger partial charge in [0.15, 0.2) is 5.13 Å². The summed E-state index contributed by atoms with van der Waals surface area (Å²) in [5, 5.41) is 0.646. The van der Waals surface area contributed by atoms with Gasteiger partial charge in [0, 0.05) is 17.5 Å². The Bertz CT molecular complexity index is 434. The molecule has 2 N–H and O–H groups in total. The third-order valence-electron chi connectivity index (χ3n) is 2.03. The Labute approximate surface area is 87.4 Å². The minimum atomic E-state index is 0.646. The van der Waals surface area contributed by atoms with Crippen LogP contribution in [-0.2, 0) is 6.42 Å². The van der Waals surface area contributed by atoms with Gasteiger partial charge in [-0.3, -0.25) is 0 Å². The molecule has 2 nitrogen and oxygen atoms in total. The van der Waals surface area contributed by atoms with E-state index in [1.54, 1.807) is 11.3 Å². The van der Waals surface area contributed by atoms with Crippen LogP contribution in [0.5, 0.6) is 0 Å². The molecule has 0 spiro atoms. The molecule has 0 atom stereocenters. The van der Waals surface area contributed by atoms with Crippen LogP contribution in [0.2, 0.25) is 0 Å². The van der Waals surface area contributed by atoms with Crippen molar-refractivity contribution in [3.05, 3.63) is 46.5 Å². The summed E-state index contributed by atoms with van der Waals surface area (Å²) in [6, 6.07) is 8.50. The van der Waals surface area contributed by atoms with Crippen molar-refractivity contribution >= 4 is 16.5 Å². The highest BCUT2D eigenvalue weighted by molar-refractivity contribution is 7.15. The van der Waals surface area contributed by atoms with Crippen LogP contribution in [0.25, 0.3) is 0 Å². The molecular formula is C11H12N2S. The Balaban J connectivity index is 2.18. The molecule has 2 rings (SSSR count). The van der Waals surface area contributed by atoms with Crippen molar-refractivity contribution in [2.45, 2.75) is 13.3 Å². The van der Waals surface area contributed by atoms with Crippen LogP contribution in [0.4, 0.5) is 5.13 Å². The fourth-order valence-electron chi connectivity index (χ4n) is 1.43. The molecule has 3 heteroatoms. The van der Waals surface area contributed by atoms with Gasteiger partial charge in [-0.15, -0.1) is 11.3 Å². The Morgan fingerprint density at radius 1 is 1.43 bits per heavy atom. The van der Waals surface area contributed by atoms with E-state index >= 15 is 0 Å². The number of aromatic nitrogens is 1. The van der Waals surface area contributed by atoms with Crippen molar-refractivity contribution in [1.82, 2.24) is 4.98 Å². The molecule has 0 bridgehead atoms.